The van der Waals surface area contributed by atoms with Gasteiger partial charge in [-0.3, -0.25) is 4.90 Å². The minimum absolute atomic E-state index is 0.497. The second-order valence-corrected chi connectivity index (χ2v) is 4.79. The molecule has 1 unspecified atom stereocenters. The van der Waals surface area contributed by atoms with Gasteiger partial charge in [0.25, 0.3) is 0 Å². The number of hydrogen-bond donors (Lipinski definition) is 2. The molecule has 1 atom stereocenters. The van der Waals surface area contributed by atoms with E-state index in [1.807, 2.05) is 37.4 Å². The minimum atomic E-state index is -0.497. The van der Waals surface area contributed by atoms with Crippen molar-refractivity contribution >= 4 is 0 Å². The number of nitrogens with zero attached hydrogens (tertiary/aromatic N) is 1. The van der Waals surface area contributed by atoms with Gasteiger partial charge in [-0.2, -0.15) is 0 Å². The summed E-state index contributed by atoms with van der Waals surface area (Å²) < 4.78 is 5.03. The topological polar surface area (TPSA) is 62.6 Å². The second-order valence-electron chi connectivity index (χ2n) is 4.79. The van der Waals surface area contributed by atoms with Gasteiger partial charge >= 0.3 is 0 Å². The van der Waals surface area contributed by atoms with Crippen molar-refractivity contribution in [1.82, 2.24) is 4.90 Å². The van der Waals surface area contributed by atoms with E-state index in [9.17, 15) is 5.11 Å². The molecule has 2 aromatic rings. The molecular weight excluding hydrogens is 240 g/mol. The van der Waals surface area contributed by atoms with Gasteiger partial charge in [-0.15, -0.1) is 0 Å². The van der Waals surface area contributed by atoms with Gasteiger partial charge in [0.1, 0.15) is 0 Å². The zero-order chi connectivity index (χ0) is 13.7. The van der Waals surface area contributed by atoms with Crippen LogP contribution >= 0.6 is 0 Å². The third kappa shape index (κ3) is 3.92. The lowest BCUT2D eigenvalue weighted by atomic mass is 10.1. The van der Waals surface area contributed by atoms with Gasteiger partial charge in [0.2, 0.25) is 0 Å². The van der Waals surface area contributed by atoms with Gasteiger partial charge in [0.15, 0.2) is 0 Å². The number of aliphatic hydroxyl groups excluding tert-OH is 1. The summed E-state index contributed by atoms with van der Waals surface area (Å²) in [4.78, 5) is 2.06. The highest BCUT2D eigenvalue weighted by Gasteiger charge is 2.11. The Morgan fingerprint density at radius 1 is 1.21 bits per heavy atom. The standard InChI is InChI=1S/C15H20N2O2/c1-17(9-13-6-7-19-11-13)10-15(18)14-4-2-12(8-16)3-5-14/h2-7,11,15,18H,8-10,16H2,1H3. The summed E-state index contributed by atoms with van der Waals surface area (Å²) in [6, 6.07) is 9.69. The Kier molecular flexibility index (Phi) is 4.74. The van der Waals surface area contributed by atoms with Crippen LogP contribution in [0.3, 0.4) is 0 Å². The van der Waals surface area contributed by atoms with Gasteiger partial charge < -0.3 is 15.3 Å². The van der Waals surface area contributed by atoms with Crippen molar-refractivity contribution in [3.8, 4) is 0 Å². The molecule has 1 aromatic carbocycles. The molecule has 0 bridgehead atoms. The van der Waals surface area contributed by atoms with Crippen LogP contribution in [-0.2, 0) is 13.1 Å². The lowest BCUT2D eigenvalue weighted by molar-refractivity contribution is 0.123. The summed E-state index contributed by atoms with van der Waals surface area (Å²) in [5.74, 6) is 0. The van der Waals surface area contributed by atoms with Crippen LogP contribution in [0.2, 0.25) is 0 Å². The molecule has 4 nitrogen and oxygen atoms in total. The van der Waals surface area contributed by atoms with Crippen molar-refractivity contribution in [2.24, 2.45) is 5.73 Å². The van der Waals surface area contributed by atoms with Gasteiger partial charge in [-0.1, -0.05) is 24.3 Å². The molecule has 0 fully saturated rings. The highest BCUT2D eigenvalue weighted by atomic mass is 16.3. The first-order valence-corrected chi connectivity index (χ1v) is 6.35. The van der Waals surface area contributed by atoms with Gasteiger partial charge in [0, 0.05) is 25.2 Å². The lowest BCUT2D eigenvalue weighted by Crippen LogP contribution is -2.24. The minimum Gasteiger partial charge on any atom is -0.472 e. The molecule has 0 aliphatic rings. The van der Waals surface area contributed by atoms with E-state index in [0.717, 1.165) is 23.2 Å². The number of nitrogens with two attached hydrogens (primary N) is 1. The number of likely N-dealkylation sites (N-methyl/N-ethyl adjacent to an activating group) is 1. The number of benzene rings is 1. The molecule has 102 valence electrons. The van der Waals surface area contributed by atoms with Crippen LogP contribution in [0.5, 0.6) is 0 Å². The molecule has 0 amide bonds. The summed E-state index contributed by atoms with van der Waals surface area (Å²) in [6.45, 7) is 1.86. The van der Waals surface area contributed by atoms with E-state index >= 15 is 0 Å². The Hall–Kier alpha value is -1.62. The zero-order valence-electron chi connectivity index (χ0n) is 11.1. The third-order valence-electron chi connectivity index (χ3n) is 3.12. The Morgan fingerprint density at radius 3 is 2.53 bits per heavy atom. The van der Waals surface area contributed by atoms with E-state index in [4.69, 9.17) is 10.2 Å². The van der Waals surface area contributed by atoms with E-state index in [1.165, 1.54) is 0 Å². The van der Waals surface area contributed by atoms with Crippen molar-refractivity contribution in [2.45, 2.75) is 19.2 Å². The average Bonchev–Trinajstić information content (AvgIpc) is 2.91. The molecule has 0 spiro atoms. The Morgan fingerprint density at radius 2 is 1.95 bits per heavy atom. The highest BCUT2D eigenvalue weighted by Crippen LogP contribution is 2.16. The molecule has 0 saturated carbocycles. The fourth-order valence-corrected chi connectivity index (χ4v) is 2.04. The first kappa shape index (κ1) is 13.8. The van der Waals surface area contributed by atoms with E-state index in [1.54, 1.807) is 12.5 Å². The maximum absolute atomic E-state index is 10.2. The van der Waals surface area contributed by atoms with Crippen molar-refractivity contribution in [3.63, 3.8) is 0 Å². The number of rotatable bonds is 6. The molecule has 4 heteroatoms. The molecule has 19 heavy (non-hydrogen) atoms. The molecule has 0 saturated heterocycles. The largest absolute Gasteiger partial charge is 0.472 e. The van der Waals surface area contributed by atoms with E-state index in [0.29, 0.717) is 13.1 Å². The fourth-order valence-electron chi connectivity index (χ4n) is 2.04. The number of furan rings is 1. The summed E-state index contributed by atoms with van der Waals surface area (Å²) >= 11 is 0. The SMILES string of the molecule is CN(Cc1ccoc1)CC(O)c1ccc(CN)cc1. The molecule has 0 aliphatic carbocycles. The zero-order valence-corrected chi connectivity index (χ0v) is 11.1. The second kappa shape index (κ2) is 6.52. The molecule has 3 N–H and O–H groups in total. The molecule has 1 aromatic heterocycles. The molecule has 0 radical (unpaired) electrons. The first-order chi connectivity index (χ1) is 9.19. The molecule has 1 heterocycles. The quantitative estimate of drug-likeness (QED) is 0.832. The Balaban J connectivity index is 1.90. The van der Waals surface area contributed by atoms with Crippen molar-refractivity contribution in [2.75, 3.05) is 13.6 Å². The van der Waals surface area contributed by atoms with E-state index < -0.39 is 6.10 Å². The lowest BCUT2D eigenvalue weighted by Gasteiger charge is -2.20. The maximum atomic E-state index is 10.2. The van der Waals surface area contributed by atoms with Crippen molar-refractivity contribution < 1.29 is 9.52 Å². The molecule has 2 rings (SSSR count). The van der Waals surface area contributed by atoms with E-state index in [-0.39, 0.29) is 0 Å². The fraction of sp³-hybridized carbons (Fsp3) is 0.333. The number of hydrogen-bond acceptors (Lipinski definition) is 4. The first-order valence-electron chi connectivity index (χ1n) is 6.35. The summed E-state index contributed by atoms with van der Waals surface area (Å²) in [5, 5.41) is 10.2. The normalized spacial score (nSPS) is 12.8. The summed E-state index contributed by atoms with van der Waals surface area (Å²) in [6.07, 6.45) is 2.88. The maximum Gasteiger partial charge on any atom is 0.0947 e. The van der Waals surface area contributed by atoms with Crippen LogP contribution in [-0.4, -0.2) is 23.6 Å². The highest BCUT2D eigenvalue weighted by molar-refractivity contribution is 5.24. The predicted molar refractivity (Wildman–Crippen MR) is 74.3 cm³/mol. The van der Waals surface area contributed by atoms with Gasteiger partial charge in [-0.25, -0.2) is 0 Å². The summed E-state index contributed by atoms with van der Waals surface area (Å²) in [7, 11) is 1.98. The molecule has 0 aliphatic heterocycles. The number of aliphatic hydroxyl groups is 1. The van der Waals surface area contributed by atoms with Crippen molar-refractivity contribution in [3.05, 3.63) is 59.5 Å². The van der Waals surface area contributed by atoms with Crippen LogP contribution in [0.4, 0.5) is 0 Å². The third-order valence-corrected chi connectivity index (χ3v) is 3.12. The van der Waals surface area contributed by atoms with Crippen LogP contribution in [0, 0.1) is 0 Å². The monoisotopic (exact) mass is 260 g/mol. The summed E-state index contributed by atoms with van der Waals surface area (Å²) in [5.41, 5.74) is 8.64. The van der Waals surface area contributed by atoms with Gasteiger partial charge in [0.05, 0.1) is 18.6 Å². The Bertz CT molecular complexity index is 479. The average molecular weight is 260 g/mol. The van der Waals surface area contributed by atoms with Crippen molar-refractivity contribution in [1.29, 1.82) is 0 Å². The van der Waals surface area contributed by atoms with Gasteiger partial charge in [-0.05, 0) is 24.2 Å². The van der Waals surface area contributed by atoms with Crippen LogP contribution < -0.4 is 5.73 Å². The van der Waals surface area contributed by atoms with E-state index in [2.05, 4.69) is 4.90 Å². The predicted octanol–water partition coefficient (Wildman–Crippen LogP) is 1.90. The molecular formula is C15H20N2O2. The van der Waals surface area contributed by atoms with Crippen LogP contribution in [0.25, 0.3) is 0 Å². The van der Waals surface area contributed by atoms with Crippen LogP contribution in [0.15, 0.2) is 47.3 Å². The smallest absolute Gasteiger partial charge is 0.0947 e. The van der Waals surface area contributed by atoms with Crippen LogP contribution in [0.1, 0.15) is 22.8 Å². The Labute approximate surface area is 113 Å².